The van der Waals surface area contributed by atoms with Gasteiger partial charge in [0, 0.05) is 30.0 Å². The number of hydrogen-bond donors (Lipinski definition) is 2. The summed E-state index contributed by atoms with van der Waals surface area (Å²) in [5, 5.41) is 6.08. The molecule has 6 heteroatoms. The summed E-state index contributed by atoms with van der Waals surface area (Å²) in [5.74, 6) is 0.446. The summed E-state index contributed by atoms with van der Waals surface area (Å²) in [4.78, 5) is 14.9. The first kappa shape index (κ1) is 21.8. The molecule has 0 radical (unpaired) electrons. The molecule has 4 rings (SSSR count). The van der Waals surface area contributed by atoms with Gasteiger partial charge in [0.05, 0.1) is 0 Å². The van der Waals surface area contributed by atoms with Gasteiger partial charge in [-0.3, -0.25) is 10.1 Å². The summed E-state index contributed by atoms with van der Waals surface area (Å²) < 4.78 is 5.77. The molecule has 1 amide bonds. The topological polar surface area (TPSA) is 53.6 Å². The first-order valence-electron chi connectivity index (χ1n) is 10.9. The predicted octanol–water partition coefficient (Wildman–Crippen LogP) is 5.38. The molecular weight excluding hydrogens is 418 g/mol. The van der Waals surface area contributed by atoms with Crippen molar-refractivity contribution in [3.05, 3.63) is 90.0 Å². The summed E-state index contributed by atoms with van der Waals surface area (Å²) in [6, 6.07) is 25.1. The molecule has 1 saturated heterocycles. The molecular formula is C26H27N3O2S. The summed E-state index contributed by atoms with van der Waals surface area (Å²) in [6.07, 6.45) is 3.81. The smallest absolute Gasteiger partial charge is 0.257 e. The quantitative estimate of drug-likeness (QED) is 0.499. The number of anilines is 2. The summed E-state index contributed by atoms with van der Waals surface area (Å²) in [6.45, 7) is 2.70. The standard InChI is InChI=1S/C26H27N3O2S/c30-25(21-9-15-24(16-10-21)31-19-20-7-3-1-4-8-20)28-26(32)27-22-11-13-23(14-12-22)29-17-5-2-6-18-29/h1,3-4,7-16H,2,5-6,17-19H2,(H2,27,28,30,32). The minimum Gasteiger partial charge on any atom is -0.489 e. The van der Waals surface area contributed by atoms with Crippen molar-refractivity contribution in [1.82, 2.24) is 5.32 Å². The van der Waals surface area contributed by atoms with E-state index in [2.05, 4.69) is 27.7 Å². The molecule has 1 fully saturated rings. The average Bonchev–Trinajstić information content (AvgIpc) is 2.84. The van der Waals surface area contributed by atoms with Gasteiger partial charge in [-0.25, -0.2) is 0 Å². The summed E-state index contributed by atoms with van der Waals surface area (Å²) in [5.41, 5.74) is 3.68. The molecule has 1 aliphatic heterocycles. The van der Waals surface area contributed by atoms with Crippen LogP contribution in [0.1, 0.15) is 35.2 Å². The Morgan fingerprint density at radius 3 is 2.25 bits per heavy atom. The summed E-state index contributed by atoms with van der Waals surface area (Å²) >= 11 is 5.31. The van der Waals surface area contributed by atoms with Gasteiger partial charge in [0.1, 0.15) is 12.4 Å². The lowest BCUT2D eigenvalue weighted by molar-refractivity contribution is 0.0977. The third-order valence-electron chi connectivity index (χ3n) is 5.44. The van der Waals surface area contributed by atoms with Crippen molar-refractivity contribution >= 4 is 34.6 Å². The predicted molar refractivity (Wildman–Crippen MR) is 133 cm³/mol. The lowest BCUT2D eigenvalue weighted by Crippen LogP contribution is -2.34. The highest BCUT2D eigenvalue weighted by molar-refractivity contribution is 7.80. The van der Waals surface area contributed by atoms with E-state index in [4.69, 9.17) is 17.0 Å². The van der Waals surface area contributed by atoms with Crippen molar-refractivity contribution < 1.29 is 9.53 Å². The Morgan fingerprint density at radius 2 is 1.56 bits per heavy atom. The second kappa shape index (κ2) is 10.8. The number of amides is 1. The Morgan fingerprint density at radius 1 is 0.875 bits per heavy atom. The van der Waals surface area contributed by atoms with Crippen LogP contribution < -0.4 is 20.3 Å². The second-order valence-electron chi connectivity index (χ2n) is 7.80. The monoisotopic (exact) mass is 445 g/mol. The van der Waals surface area contributed by atoms with Gasteiger partial charge in [-0.05, 0) is 85.6 Å². The number of ether oxygens (including phenoxy) is 1. The Labute approximate surface area is 194 Å². The van der Waals surface area contributed by atoms with Gasteiger partial charge in [-0.2, -0.15) is 0 Å². The minimum atomic E-state index is -0.262. The van der Waals surface area contributed by atoms with E-state index < -0.39 is 0 Å². The molecule has 0 atom stereocenters. The Hall–Kier alpha value is -3.38. The highest BCUT2D eigenvalue weighted by Gasteiger charge is 2.11. The largest absolute Gasteiger partial charge is 0.489 e. The first-order valence-corrected chi connectivity index (χ1v) is 11.3. The van der Waals surface area contributed by atoms with Crippen molar-refractivity contribution in [1.29, 1.82) is 0 Å². The zero-order chi connectivity index (χ0) is 22.2. The summed E-state index contributed by atoms with van der Waals surface area (Å²) in [7, 11) is 0. The highest BCUT2D eigenvalue weighted by Crippen LogP contribution is 2.22. The van der Waals surface area contributed by atoms with E-state index in [1.54, 1.807) is 24.3 Å². The molecule has 0 spiro atoms. The van der Waals surface area contributed by atoms with E-state index in [9.17, 15) is 4.79 Å². The number of carbonyl (C=O) groups excluding carboxylic acids is 1. The molecule has 1 heterocycles. The molecule has 5 nitrogen and oxygen atoms in total. The molecule has 0 bridgehead atoms. The van der Waals surface area contributed by atoms with Crippen LogP contribution in [0, 0.1) is 0 Å². The molecule has 2 N–H and O–H groups in total. The van der Waals surface area contributed by atoms with Crippen LogP contribution >= 0.6 is 12.2 Å². The van der Waals surface area contributed by atoms with E-state index in [0.29, 0.717) is 17.9 Å². The van der Waals surface area contributed by atoms with Crippen molar-refractivity contribution in [2.24, 2.45) is 0 Å². The van der Waals surface area contributed by atoms with Crippen LogP contribution in [-0.2, 0) is 6.61 Å². The molecule has 3 aromatic carbocycles. The zero-order valence-corrected chi connectivity index (χ0v) is 18.7. The van der Waals surface area contributed by atoms with E-state index in [1.807, 2.05) is 42.5 Å². The number of thiocarbonyl (C=S) groups is 1. The molecule has 0 saturated carbocycles. The Balaban J connectivity index is 1.26. The molecule has 0 aliphatic carbocycles. The molecule has 32 heavy (non-hydrogen) atoms. The van der Waals surface area contributed by atoms with E-state index >= 15 is 0 Å². The lowest BCUT2D eigenvalue weighted by atomic mass is 10.1. The fourth-order valence-electron chi connectivity index (χ4n) is 3.69. The number of nitrogens with one attached hydrogen (secondary N) is 2. The maximum Gasteiger partial charge on any atom is 0.257 e. The van der Waals surface area contributed by atoms with Gasteiger partial charge in [0.15, 0.2) is 5.11 Å². The zero-order valence-electron chi connectivity index (χ0n) is 17.9. The van der Waals surface area contributed by atoms with Gasteiger partial charge in [-0.15, -0.1) is 0 Å². The third kappa shape index (κ3) is 6.08. The van der Waals surface area contributed by atoms with Crippen LogP contribution in [0.25, 0.3) is 0 Å². The van der Waals surface area contributed by atoms with Crippen molar-refractivity contribution in [3.63, 3.8) is 0 Å². The maximum absolute atomic E-state index is 12.5. The normalized spacial score (nSPS) is 13.3. The Bertz CT molecular complexity index is 1030. The van der Waals surface area contributed by atoms with Gasteiger partial charge >= 0.3 is 0 Å². The molecule has 1 aliphatic rings. The van der Waals surface area contributed by atoms with Crippen LogP contribution in [0.5, 0.6) is 5.75 Å². The molecule has 3 aromatic rings. The molecule has 164 valence electrons. The van der Waals surface area contributed by atoms with Gasteiger partial charge in [0.2, 0.25) is 0 Å². The fraction of sp³-hybridized carbons (Fsp3) is 0.231. The Kier molecular flexibility index (Phi) is 7.35. The second-order valence-corrected chi connectivity index (χ2v) is 8.21. The van der Waals surface area contributed by atoms with Gasteiger partial charge in [0.25, 0.3) is 5.91 Å². The van der Waals surface area contributed by atoms with Gasteiger partial charge in [-0.1, -0.05) is 30.3 Å². The van der Waals surface area contributed by atoms with Crippen LogP contribution in [0.4, 0.5) is 11.4 Å². The average molecular weight is 446 g/mol. The first-order chi connectivity index (χ1) is 15.7. The van der Waals surface area contributed by atoms with E-state index in [-0.39, 0.29) is 11.0 Å². The number of carbonyl (C=O) groups is 1. The van der Waals surface area contributed by atoms with Crippen molar-refractivity contribution in [3.8, 4) is 5.75 Å². The number of nitrogens with zero attached hydrogens (tertiary/aromatic N) is 1. The highest BCUT2D eigenvalue weighted by atomic mass is 32.1. The van der Waals surface area contributed by atoms with Crippen LogP contribution in [0.15, 0.2) is 78.9 Å². The minimum absolute atomic E-state index is 0.262. The maximum atomic E-state index is 12.5. The van der Waals surface area contributed by atoms with Gasteiger partial charge < -0.3 is 15.0 Å². The fourth-order valence-corrected chi connectivity index (χ4v) is 3.90. The number of hydrogen-bond acceptors (Lipinski definition) is 4. The number of rotatable bonds is 6. The van der Waals surface area contributed by atoms with Crippen LogP contribution in [-0.4, -0.2) is 24.1 Å². The SMILES string of the molecule is O=C(NC(=S)Nc1ccc(N2CCCCC2)cc1)c1ccc(OCc2ccccc2)cc1. The number of benzene rings is 3. The molecule has 0 aromatic heterocycles. The van der Waals surface area contributed by atoms with Crippen LogP contribution in [0.3, 0.4) is 0 Å². The van der Waals surface area contributed by atoms with E-state index in [0.717, 1.165) is 24.3 Å². The van der Waals surface area contributed by atoms with Crippen molar-refractivity contribution in [2.45, 2.75) is 25.9 Å². The van der Waals surface area contributed by atoms with Crippen LogP contribution in [0.2, 0.25) is 0 Å². The number of piperidine rings is 1. The molecule has 0 unspecified atom stereocenters. The third-order valence-corrected chi connectivity index (χ3v) is 5.64. The van der Waals surface area contributed by atoms with Crippen molar-refractivity contribution in [2.75, 3.05) is 23.3 Å². The lowest BCUT2D eigenvalue weighted by Gasteiger charge is -2.28. The van der Waals surface area contributed by atoms with E-state index in [1.165, 1.54) is 24.9 Å².